The predicted octanol–water partition coefficient (Wildman–Crippen LogP) is 5.42. The van der Waals surface area contributed by atoms with E-state index in [-0.39, 0.29) is 23.3 Å². The number of aromatic nitrogens is 2. The number of fused-ring (bicyclic) bond motifs is 3. The molecule has 32 heavy (non-hydrogen) atoms. The van der Waals surface area contributed by atoms with Crippen LogP contribution in [0.1, 0.15) is 77.9 Å². The third-order valence-electron chi connectivity index (χ3n) is 6.06. The van der Waals surface area contributed by atoms with Gasteiger partial charge < -0.3 is 9.67 Å². The minimum atomic E-state index is -1.23. The summed E-state index contributed by atoms with van der Waals surface area (Å²) in [7, 11) is 0. The summed E-state index contributed by atoms with van der Waals surface area (Å²) in [4.78, 5) is 41.4. The van der Waals surface area contributed by atoms with Crippen molar-refractivity contribution in [3.8, 4) is 22.5 Å². The van der Waals surface area contributed by atoms with E-state index in [9.17, 15) is 19.5 Å². The van der Waals surface area contributed by atoms with Crippen LogP contribution in [0.5, 0.6) is 0 Å². The topological polar surface area (TPSA) is 89.3 Å². The van der Waals surface area contributed by atoms with Crippen LogP contribution in [0.15, 0.2) is 34.6 Å². The monoisotopic (exact) mass is 450 g/mol. The Morgan fingerprint density at radius 2 is 1.84 bits per heavy atom. The molecule has 1 aliphatic heterocycles. The van der Waals surface area contributed by atoms with Crippen molar-refractivity contribution in [1.82, 2.24) is 9.55 Å². The van der Waals surface area contributed by atoms with E-state index in [2.05, 4.69) is 27.7 Å². The van der Waals surface area contributed by atoms with E-state index in [1.807, 2.05) is 22.1 Å². The molecule has 0 saturated carbocycles. The minimum absolute atomic E-state index is 0.00566. The zero-order valence-corrected chi connectivity index (χ0v) is 19.6. The third-order valence-corrected chi connectivity index (χ3v) is 7.20. The molecule has 4 rings (SSSR count). The Morgan fingerprint density at radius 3 is 2.41 bits per heavy atom. The number of carboxylic acids is 1. The highest BCUT2D eigenvalue weighted by atomic mass is 32.1. The van der Waals surface area contributed by atoms with E-state index < -0.39 is 11.4 Å². The van der Waals surface area contributed by atoms with Crippen molar-refractivity contribution in [2.24, 2.45) is 5.92 Å². The summed E-state index contributed by atoms with van der Waals surface area (Å²) >= 11 is 1.59. The largest absolute Gasteiger partial charge is 0.477 e. The number of carbonyl (C=O) groups is 2. The van der Waals surface area contributed by atoms with E-state index in [0.717, 1.165) is 27.4 Å². The first-order valence-electron chi connectivity index (χ1n) is 10.7. The molecule has 6 nitrogen and oxygen atoms in total. The first-order valence-corrected chi connectivity index (χ1v) is 11.6. The van der Waals surface area contributed by atoms with Crippen LogP contribution in [-0.2, 0) is 6.42 Å². The van der Waals surface area contributed by atoms with E-state index in [1.54, 1.807) is 11.3 Å². The molecule has 0 bridgehead atoms. The van der Waals surface area contributed by atoms with Gasteiger partial charge in [0.2, 0.25) is 0 Å². The van der Waals surface area contributed by atoms with Crippen molar-refractivity contribution >= 4 is 23.1 Å². The summed E-state index contributed by atoms with van der Waals surface area (Å²) in [6.45, 7) is 9.88. The zero-order chi connectivity index (χ0) is 23.3. The predicted molar refractivity (Wildman–Crippen MR) is 126 cm³/mol. The number of rotatable bonds is 5. The standard InChI is InChI=1S/C25H26N2O4S/c1-12(2)21-7-15-6-18(20-11-32-24(26-20)13(3)4)16(14(5)28)8-17(15)22-9-23(29)19(25(30)31)10-27(21)22/h6,8-13,21H,7H2,1-5H3,(H,30,31). The van der Waals surface area contributed by atoms with Gasteiger partial charge in [-0.05, 0) is 37.0 Å². The maximum absolute atomic E-state index is 12.6. The number of ketones is 1. The zero-order valence-electron chi connectivity index (χ0n) is 18.8. The lowest BCUT2D eigenvalue weighted by Crippen LogP contribution is -2.28. The summed E-state index contributed by atoms with van der Waals surface area (Å²) in [6, 6.07) is 5.25. The average Bonchev–Trinajstić information content (AvgIpc) is 3.21. The SMILES string of the molecule is CC(=O)c1cc2c(cc1-c1csc(C(C)C)n1)CC(C(C)C)n1cc(C(=O)O)c(=O)cc1-2. The number of thiazole rings is 1. The lowest BCUT2D eigenvalue weighted by molar-refractivity contribution is 0.0694. The Balaban J connectivity index is 1.98. The molecule has 166 valence electrons. The molecule has 0 spiro atoms. The molecule has 1 atom stereocenters. The summed E-state index contributed by atoms with van der Waals surface area (Å²) in [5, 5.41) is 12.5. The van der Waals surface area contributed by atoms with Gasteiger partial charge in [0.15, 0.2) is 11.2 Å². The fraction of sp³-hybridized carbons (Fsp3) is 0.360. The highest BCUT2D eigenvalue weighted by Crippen LogP contribution is 2.41. The smallest absolute Gasteiger partial charge is 0.341 e. The van der Waals surface area contributed by atoms with Gasteiger partial charge in [-0.1, -0.05) is 27.7 Å². The van der Waals surface area contributed by atoms with Gasteiger partial charge in [-0.2, -0.15) is 0 Å². The number of carboxylic acid groups (broad SMARTS) is 1. The summed E-state index contributed by atoms with van der Waals surface area (Å²) in [5.74, 6) is -0.791. The number of hydrogen-bond acceptors (Lipinski definition) is 5. The quantitative estimate of drug-likeness (QED) is 0.525. The van der Waals surface area contributed by atoms with Gasteiger partial charge in [0.1, 0.15) is 5.56 Å². The first-order chi connectivity index (χ1) is 15.1. The van der Waals surface area contributed by atoms with Crippen LogP contribution in [0.3, 0.4) is 0 Å². The Morgan fingerprint density at radius 1 is 1.12 bits per heavy atom. The molecule has 3 heterocycles. The second-order valence-corrected chi connectivity index (χ2v) is 9.89. The number of Topliss-reactive ketones (excluding diaryl/α,β-unsaturated/α-hetero) is 1. The lowest BCUT2D eigenvalue weighted by atomic mass is 9.84. The van der Waals surface area contributed by atoms with Gasteiger partial charge in [-0.25, -0.2) is 9.78 Å². The molecule has 0 aliphatic carbocycles. The van der Waals surface area contributed by atoms with Gasteiger partial charge in [-0.15, -0.1) is 11.3 Å². The van der Waals surface area contributed by atoms with Crippen LogP contribution in [0.25, 0.3) is 22.5 Å². The van der Waals surface area contributed by atoms with E-state index in [0.29, 0.717) is 23.6 Å². The molecule has 3 aromatic rings. The van der Waals surface area contributed by atoms with Crippen LogP contribution in [-0.4, -0.2) is 26.4 Å². The number of pyridine rings is 1. The van der Waals surface area contributed by atoms with Crippen molar-refractivity contribution in [2.45, 2.75) is 53.0 Å². The molecule has 0 saturated heterocycles. The summed E-state index contributed by atoms with van der Waals surface area (Å²) in [6.07, 6.45) is 2.12. The van der Waals surface area contributed by atoms with Gasteiger partial charge in [0.25, 0.3) is 0 Å². The number of nitrogens with zero attached hydrogens (tertiary/aromatic N) is 2. The molecule has 1 N–H and O–H groups in total. The van der Waals surface area contributed by atoms with Crippen LogP contribution in [0.4, 0.5) is 0 Å². The number of benzene rings is 1. The number of carbonyl (C=O) groups excluding carboxylic acids is 1. The second kappa shape index (κ2) is 8.13. The fourth-order valence-corrected chi connectivity index (χ4v) is 5.15. The van der Waals surface area contributed by atoms with Crippen molar-refractivity contribution in [3.63, 3.8) is 0 Å². The third kappa shape index (κ3) is 3.71. The van der Waals surface area contributed by atoms with Crippen LogP contribution in [0.2, 0.25) is 0 Å². The van der Waals surface area contributed by atoms with Crippen molar-refractivity contribution in [1.29, 1.82) is 0 Å². The maximum Gasteiger partial charge on any atom is 0.341 e. The number of hydrogen-bond donors (Lipinski definition) is 1. The second-order valence-electron chi connectivity index (χ2n) is 9.00. The Bertz CT molecular complexity index is 1300. The summed E-state index contributed by atoms with van der Waals surface area (Å²) in [5.41, 5.74) is 3.85. The summed E-state index contributed by atoms with van der Waals surface area (Å²) < 4.78 is 1.89. The molecule has 1 aromatic carbocycles. The highest BCUT2D eigenvalue weighted by molar-refractivity contribution is 7.10. The molecule has 1 unspecified atom stereocenters. The Kier molecular flexibility index (Phi) is 5.63. The molecule has 0 amide bonds. The van der Waals surface area contributed by atoms with Gasteiger partial charge in [0, 0.05) is 46.3 Å². The molecule has 1 aliphatic rings. The van der Waals surface area contributed by atoms with Crippen LogP contribution in [0, 0.1) is 5.92 Å². The highest BCUT2D eigenvalue weighted by Gasteiger charge is 2.29. The Labute approximate surface area is 190 Å². The van der Waals surface area contributed by atoms with E-state index >= 15 is 0 Å². The molecule has 2 aromatic heterocycles. The maximum atomic E-state index is 12.6. The molecular formula is C25H26N2O4S. The van der Waals surface area contributed by atoms with Gasteiger partial charge >= 0.3 is 5.97 Å². The average molecular weight is 451 g/mol. The molecule has 0 radical (unpaired) electrons. The lowest BCUT2D eigenvalue weighted by Gasteiger charge is -2.34. The fourth-order valence-electron chi connectivity index (χ4n) is 4.31. The Hall–Kier alpha value is -3.06. The molecule has 7 heteroatoms. The molecule has 0 fully saturated rings. The normalized spacial score (nSPS) is 15.0. The van der Waals surface area contributed by atoms with Gasteiger partial charge in [-0.3, -0.25) is 9.59 Å². The minimum Gasteiger partial charge on any atom is -0.477 e. The van der Waals surface area contributed by atoms with E-state index in [4.69, 9.17) is 4.98 Å². The van der Waals surface area contributed by atoms with Crippen LogP contribution >= 0.6 is 11.3 Å². The number of aromatic carboxylic acids is 1. The van der Waals surface area contributed by atoms with Crippen LogP contribution < -0.4 is 5.43 Å². The van der Waals surface area contributed by atoms with Crippen molar-refractivity contribution in [2.75, 3.05) is 0 Å². The van der Waals surface area contributed by atoms with Gasteiger partial charge in [0.05, 0.1) is 16.4 Å². The van der Waals surface area contributed by atoms with Crippen molar-refractivity contribution in [3.05, 3.63) is 61.7 Å². The van der Waals surface area contributed by atoms with E-state index in [1.165, 1.54) is 19.2 Å². The van der Waals surface area contributed by atoms with Crippen molar-refractivity contribution < 1.29 is 14.7 Å². The first kappa shape index (κ1) is 22.1. The molecular weight excluding hydrogens is 424 g/mol.